The zero-order valence-corrected chi connectivity index (χ0v) is 30.0. The molecule has 0 amide bonds. The van der Waals surface area contributed by atoms with E-state index < -0.39 is 0 Å². The Morgan fingerprint density at radius 2 is 0.822 bits per heavy atom. The first kappa shape index (κ1) is 39.1. The van der Waals surface area contributed by atoms with Gasteiger partial charge in [0.05, 0.1) is 0 Å². The van der Waals surface area contributed by atoms with Crippen molar-refractivity contribution in [2.45, 2.75) is 181 Å². The van der Waals surface area contributed by atoms with E-state index in [1.807, 2.05) is 0 Å². The van der Waals surface area contributed by atoms with E-state index in [-0.39, 0.29) is 0 Å². The molecule has 0 aliphatic heterocycles. The monoisotopic (exact) mass is 618 g/mol. The molecular weight excluding hydrogens is 544 g/mol. The van der Waals surface area contributed by atoms with Crippen LogP contribution in [0.2, 0.25) is 0 Å². The Morgan fingerprint density at radius 3 is 1.24 bits per heavy atom. The van der Waals surface area contributed by atoms with Crippen LogP contribution in [0.1, 0.15) is 186 Å². The number of nitrogens with zero attached hydrogens (tertiary/aromatic N) is 2. The third-order valence-corrected chi connectivity index (χ3v) is 9.51. The van der Waals surface area contributed by atoms with E-state index in [1.54, 1.807) is 0 Å². The molecule has 0 atom stereocenters. The number of pyridine rings is 1. The van der Waals surface area contributed by atoms with Gasteiger partial charge in [-0.25, -0.2) is 0 Å². The fraction of sp³-hybridized carbons (Fsp3) is 0.698. The van der Waals surface area contributed by atoms with Crippen LogP contribution in [0.25, 0.3) is 12.3 Å². The zero-order valence-electron chi connectivity index (χ0n) is 30.0. The molecule has 2 rings (SSSR count). The highest BCUT2D eigenvalue weighted by Gasteiger charge is 2.10. The van der Waals surface area contributed by atoms with Gasteiger partial charge in [-0.3, -0.25) is 0 Å². The Balaban J connectivity index is 1.72. The molecule has 0 saturated heterocycles. The molecule has 0 fully saturated rings. The summed E-state index contributed by atoms with van der Waals surface area (Å²) >= 11 is 0. The average molecular weight is 618 g/mol. The summed E-state index contributed by atoms with van der Waals surface area (Å²) in [5, 5.41) is 0. The van der Waals surface area contributed by atoms with Gasteiger partial charge in [-0.05, 0) is 18.9 Å². The first-order valence-corrected chi connectivity index (χ1v) is 19.8. The SMILES string of the molecule is CCCCCCCCCCCCCCCN(CCCCCCCCCCCCCCC)c1ccccc1/C=C/[n+]1ccccc1. The third kappa shape index (κ3) is 21.4. The van der Waals surface area contributed by atoms with Crippen LogP contribution in [0.5, 0.6) is 0 Å². The van der Waals surface area contributed by atoms with Crippen molar-refractivity contribution in [1.82, 2.24) is 0 Å². The smallest absolute Gasteiger partial charge is 0.175 e. The Bertz CT molecular complexity index is 890. The van der Waals surface area contributed by atoms with Crippen molar-refractivity contribution in [2.24, 2.45) is 0 Å². The Kier molecular flexibility index (Phi) is 25.5. The van der Waals surface area contributed by atoms with Crippen LogP contribution in [-0.4, -0.2) is 13.1 Å². The van der Waals surface area contributed by atoms with Gasteiger partial charge in [0.25, 0.3) is 0 Å². The summed E-state index contributed by atoms with van der Waals surface area (Å²) in [5.74, 6) is 0. The molecule has 254 valence electrons. The van der Waals surface area contributed by atoms with E-state index in [2.05, 4.69) is 90.4 Å². The molecule has 0 bridgehead atoms. The number of rotatable bonds is 31. The number of benzene rings is 1. The fourth-order valence-electron chi connectivity index (χ4n) is 6.59. The van der Waals surface area contributed by atoms with Gasteiger partial charge in [0.1, 0.15) is 0 Å². The number of anilines is 1. The number of hydrogen-bond acceptors (Lipinski definition) is 1. The Labute approximate surface area is 281 Å². The molecule has 0 spiro atoms. The minimum absolute atomic E-state index is 1.18. The number of hydrogen-bond donors (Lipinski definition) is 0. The predicted octanol–water partition coefficient (Wildman–Crippen LogP) is 13.6. The lowest BCUT2D eigenvalue weighted by atomic mass is 10.0. The van der Waals surface area contributed by atoms with Crippen molar-refractivity contribution >= 4 is 18.0 Å². The second kappa shape index (κ2) is 29.3. The van der Waals surface area contributed by atoms with Crippen LogP contribution < -0.4 is 9.47 Å². The second-order valence-electron chi connectivity index (χ2n) is 13.7. The summed E-state index contributed by atoms with van der Waals surface area (Å²) in [6, 6.07) is 15.3. The molecular formula is C43H73N2+. The Hall–Kier alpha value is -2.09. The summed E-state index contributed by atoms with van der Waals surface area (Å²) in [6.45, 7) is 6.97. The number of para-hydroxylation sites is 1. The minimum Gasteiger partial charge on any atom is -0.371 e. The first-order chi connectivity index (χ1) is 22.3. The van der Waals surface area contributed by atoms with Crippen LogP contribution >= 0.6 is 0 Å². The van der Waals surface area contributed by atoms with Crippen LogP contribution in [0.3, 0.4) is 0 Å². The maximum Gasteiger partial charge on any atom is 0.175 e. The zero-order chi connectivity index (χ0) is 31.9. The van der Waals surface area contributed by atoms with Crippen LogP contribution in [-0.2, 0) is 0 Å². The molecule has 0 aliphatic carbocycles. The average Bonchev–Trinajstić information content (AvgIpc) is 3.07. The molecule has 2 aromatic rings. The highest BCUT2D eigenvalue weighted by Crippen LogP contribution is 2.24. The molecule has 0 unspecified atom stereocenters. The summed E-state index contributed by atoms with van der Waals surface area (Å²) < 4.78 is 2.14. The lowest BCUT2D eigenvalue weighted by Gasteiger charge is -2.26. The quantitative estimate of drug-likeness (QED) is 0.0603. The maximum absolute atomic E-state index is 2.70. The fourth-order valence-corrected chi connectivity index (χ4v) is 6.59. The van der Waals surface area contributed by atoms with Gasteiger partial charge in [-0.15, -0.1) is 0 Å². The van der Waals surface area contributed by atoms with Gasteiger partial charge in [0.2, 0.25) is 0 Å². The third-order valence-electron chi connectivity index (χ3n) is 9.51. The molecule has 1 heterocycles. The highest BCUT2D eigenvalue weighted by atomic mass is 15.1. The van der Waals surface area contributed by atoms with Crippen LogP contribution in [0, 0.1) is 0 Å². The van der Waals surface area contributed by atoms with Gasteiger partial charge < -0.3 is 4.90 Å². The number of aromatic nitrogens is 1. The normalized spacial score (nSPS) is 11.5. The topological polar surface area (TPSA) is 7.12 Å². The van der Waals surface area contributed by atoms with Crippen molar-refractivity contribution in [1.29, 1.82) is 0 Å². The lowest BCUT2D eigenvalue weighted by Crippen LogP contribution is -2.27. The predicted molar refractivity (Wildman–Crippen MR) is 202 cm³/mol. The van der Waals surface area contributed by atoms with E-state index in [9.17, 15) is 0 Å². The van der Waals surface area contributed by atoms with Gasteiger partial charge in [-0.1, -0.05) is 192 Å². The highest BCUT2D eigenvalue weighted by molar-refractivity contribution is 5.71. The van der Waals surface area contributed by atoms with E-state index in [0.717, 1.165) is 0 Å². The van der Waals surface area contributed by atoms with Crippen molar-refractivity contribution < 1.29 is 4.57 Å². The van der Waals surface area contributed by atoms with E-state index in [4.69, 9.17) is 0 Å². The van der Waals surface area contributed by atoms with Crippen molar-refractivity contribution in [2.75, 3.05) is 18.0 Å². The molecule has 1 aromatic heterocycles. The summed E-state index contributed by atoms with van der Waals surface area (Å²) in [7, 11) is 0. The molecule has 0 aliphatic rings. The molecule has 0 saturated carbocycles. The van der Waals surface area contributed by atoms with Gasteiger partial charge in [0, 0.05) is 42.5 Å². The molecule has 2 heteroatoms. The summed E-state index contributed by atoms with van der Waals surface area (Å²) in [5.41, 5.74) is 2.74. The van der Waals surface area contributed by atoms with E-state index in [0.29, 0.717) is 0 Å². The number of unbranched alkanes of at least 4 members (excludes halogenated alkanes) is 24. The van der Waals surface area contributed by atoms with E-state index >= 15 is 0 Å². The molecule has 2 nitrogen and oxygen atoms in total. The minimum atomic E-state index is 1.18. The van der Waals surface area contributed by atoms with Crippen molar-refractivity contribution in [3.8, 4) is 0 Å². The van der Waals surface area contributed by atoms with Crippen molar-refractivity contribution in [3.63, 3.8) is 0 Å². The molecule has 45 heavy (non-hydrogen) atoms. The summed E-state index contributed by atoms with van der Waals surface area (Å²) in [4.78, 5) is 2.70. The van der Waals surface area contributed by atoms with Gasteiger partial charge in [0.15, 0.2) is 18.6 Å². The van der Waals surface area contributed by atoms with E-state index in [1.165, 1.54) is 191 Å². The van der Waals surface area contributed by atoms with Crippen LogP contribution in [0.4, 0.5) is 5.69 Å². The van der Waals surface area contributed by atoms with Gasteiger partial charge in [-0.2, -0.15) is 4.57 Å². The largest absolute Gasteiger partial charge is 0.371 e. The van der Waals surface area contributed by atoms with Crippen LogP contribution in [0.15, 0.2) is 54.9 Å². The second-order valence-corrected chi connectivity index (χ2v) is 13.7. The molecule has 1 aromatic carbocycles. The Morgan fingerprint density at radius 1 is 0.444 bits per heavy atom. The first-order valence-electron chi connectivity index (χ1n) is 19.8. The molecule has 0 N–H and O–H groups in total. The maximum atomic E-state index is 2.70. The molecule has 0 radical (unpaired) electrons. The standard InChI is InChI=1S/C43H73N2/c1-3-5-7-9-11-13-15-17-19-21-23-25-32-39-45(40-33-26-24-22-20-18-16-14-12-10-8-6-4-2)43-35-29-28-34-42(43)36-41-44-37-30-27-31-38-44/h27-31,34-38,41H,3-26,32-33,39-40H2,1-2H3/q+1/b41-36+. The van der Waals surface area contributed by atoms with Gasteiger partial charge >= 0.3 is 0 Å². The summed E-state index contributed by atoms with van der Waals surface area (Å²) in [6.07, 6.45) is 45.5. The lowest BCUT2D eigenvalue weighted by molar-refractivity contribution is -0.567. The van der Waals surface area contributed by atoms with Crippen molar-refractivity contribution in [3.05, 3.63) is 60.4 Å².